The third-order valence-electron chi connectivity index (χ3n) is 6.01. The van der Waals surface area contributed by atoms with Gasteiger partial charge >= 0.3 is 0 Å². The number of aryl methyl sites for hydroxylation is 1. The van der Waals surface area contributed by atoms with Gasteiger partial charge in [-0.3, -0.25) is 4.98 Å². The number of hydrogen-bond acceptors (Lipinski definition) is 3. The number of hydrogen-bond donors (Lipinski definition) is 2. The standard InChI is InChI=1S/C26H31N3/c1-2-8-23-21(17-27)14-15-22(25(23)19-9-4-3-5-10-19)18-29-24-13-6-11-20-12-7-16-28-26(20)24/h3-5,7,9-10,12,14-16,24,29H,2,6,8,11,13,17-18,27H2,1H3. The number of nitrogens with zero attached hydrogens (tertiary/aromatic N) is 1. The second-order valence-corrected chi connectivity index (χ2v) is 7.93. The van der Waals surface area contributed by atoms with Crippen LogP contribution >= 0.6 is 0 Å². The van der Waals surface area contributed by atoms with E-state index in [1.165, 1.54) is 45.5 Å². The van der Waals surface area contributed by atoms with Gasteiger partial charge in [-0.2, -0.15) is 0 Å². The molecule has 0 aliphatic heterocycles. The highest BCUT2D eigenvalue weighted by Gasteiger charge is 2.22. The summed E-state index contributed by atoms with van der Waals surface area (Å²) in [6, 6.07) is 19.9. The SMILES string of the molecule is CCCc1c(CN)ccc(CNC2CCCc3cccnc32)c1-c1ccccc1. The van der Waals surface area contributed by atoms with Crippen LogP contribution in [0, 0.1) is 0 Å². The highest BCUT2D eigenvalue weighted by atomic mass is 14.9. The number of fused-ring (bicyclic) bond motifs is 1. The summed E-state index contributed by atoms with van der Waals surface area (Å²) in [5.74, 6) is 0. The fraction of sp³-hybridized carbons (Fsp3) is 0.346. The average Bonchev–Trinajstić information content (AvgIpc) is 2.78. The van der Waals surface area contributed by atoms with E-state index in [9.17, 15) is 0 Å². The Balaban J connectivity index is 1.68. The van der Waals surface area contributed by atoms with Gasteiger partial charge in [-0.05, 0) is 65.1 Å². The van der Waals surface area contributed by atoms with Gasteiger partial charge in [0.1, 0.15) is 0 Å². The highest BCUT2D eigenvalue weighted by Crippen LogP contribution is 2.33. The Kier molecular flexibility index (Phi) is 6.38. The fourth-order valence-corrected chi connectivity index (χ4v) is 4.62. The Morgan fingerprint density at radius 3 is 2.66 bits per heavy atom. The molecule has 150 valence electrons. The number of benzene rings is 2. The predicted molar refractivity (Wildman–Crippen MR) is 121 cm³/mol. The lowest BCUT2D eigenvalue weighted by Gasteiger charge is -2.26. The largest absolute Gasteiger partial charge is 0.326 e. The first kappa shape index (κ1) is 19.8. The van der Waals surface area contributed by atoms with Crippen LogP contribution in [0.25, 0.3) is 11.1 Å². The molecule has 1 unspecified atom stereocenters. The van der Waals surface area contributed by atoms with E-state index in [0.717, 1.165) is 32.2 Å². The summed E-state index contributed by atoms with van der Waals surface area (Å²) < 4.78 is 0. The Labute approximate surface area is 174 Å². The Morgan fingerprint density at radius 1 is 1.03 bits per heavy atom. The molecule has 0 saturated carbocycles. The van der Waals surface area contributed by atoms with E-state index >= 15 is 0 Å². The van der Waals surface area contributed by atoms with Crippen molar-refractivity contribution >= 4 is 0 Å². The number of pyridine rings is 1. The molecule has 4 rings (SSSR count). The first-order valence-corrected chi connectivity index (χ1v) is 10.9. The van der Waals surface area contributed by atoms with E-state index in [-0.39, 0.29) is 0 Å². The Hall–Kier alpha value is -2.49. The molecule has 1 aromatic heterocycles. The van der Waals surface area contributed by atoms with Gasteiger partial charge in [-0.15, -0.1) is 0 Å². The van der Waals surface area contributed by atoms with Gasteiger partial charge in [-0.25, -0.2) is 0 Å². The monoisotopic (exact) mass is 385 g/mol. The maximum Gasteiger partial charge on any atom is 0.0605 e. The summed E-state index contributed by atoms with van der Waals surface area (Å²) in [5, 5.41) is 3.82. The molecule has 0 fully saturated rings. The summed E-state index contributed by atoms with van der Waals surface area (Å²) in [5.41, 5.74) is 15.4. The molecule has 0 saturated heterocycles. The Bertz CT molecular complexity index is 949. The number of rotatable bonds is 7. The predicted octanol–water partition coefficient (Wildman–Crippen LogP) is 5.33. The Morgan fingerprint density at radius 2 is 1.86 bits per heavy atom. The van der Waals surface area contributed by atoms with Crippen molar-refractivity contribution < 1.29 is 0 Å². The molecule has 29 heavy (non-hydrogen) atoms. The van der Waals surface area contributed by atoms with Crippen molar-refractivity contribution in [3.8, 4) is 11.1 Å². The van der Waals surface area contributed by atoms with E-state index < -0.39 is 0 Å². The number of aromatic nitrogens is 1. The van der Waals surface area contributed by atoms with Crippen LogP contribution in [-0.2, 0) is 25.9 Å². The minimum Gasteiger partial charge on any atom is -0.326 e. The summed E-state index contributed by atoms with van der Waals surface area (Å²) in [7, 11) is 0. The quantitative estimate of drug-likeness (QED) is 0.578. The summed E-state index contributed by atoms with van der Waals surface area (Å²) in [6.07, 6.45) is 7.59. The smallest absolute Gasteiger partial charge is 0.0605 e. The van der Waals surface area contributed by atoms with Crippen molar-refractivity contribution in [2.45, 2.75) is 58.2 Å². The highest BCUT2D eigenvalue weighted by molar-refractivity contribution is 5.72. The molecule has 0 radical (unpaired) electrons. The molecular formula is C26H31N3. The lowest BCUT2D eigenvalue weighted by Crippen LogP contribution is -2.26. The lowest BCUT2D eigenvalue weighted by atomic mass is 9.87. The van der Waals surface area contributed by atoms with E-state index in [2.05, 4.69) is 71.8 Å². The summed E-state index contributed by atoms with van der Waals surface area (Å²) in [6.45, 7) is 3.67. The van der Waals surface area contributed by atoms with E-state index in [1.54, 1.807) is 0 Å². The molecule has 3 aromatic rings. The molecule has 1 aliphatic carbocycles. The van der Waals surface area contributed by atoms with E-state index in [0.29, 0.717) is 12.6 Å². The van der Waals surface area contributed by atoms with Gasteiger partial charge in [0.15, 0.2) is 0 Å². The normalized spacial score (nSPS) is 15.9. The van der Waals surface area contributed by atoms with Crippen molar-refractivity contribution in [3.05, 3.63) is 88.7 Å². The topological polar surface area (TPSA) is 50.9 Å². The van der Waals surface area contributed by atoms with Gasteiger partial charge < -0.3 is 11.1 Å². The molecule has 0 spiro atoms. The van der Waals surface area contributed by atoms with E-state index in [1.807, 2.05) is 6.20 Å². The zero-order valence-corrected chi connectivity index (χ0v) is 17.3. The fourth-order valence-electron chi connectivity index (χ4n) is 4.62. The van der Waals surface area contributed by atoms with Crippen molar-refractivity contribution in [1.29, 1.82) is 0 Å². The number of nitrogens with two attached hydrogens (primary N) is 1. The number of nitrogens with one attached hydrogen (secondary N) is 1. The molecule has 2 aromatic carbocycles. The third-order valence-corrected chi connectivity index (χ3v) is 6.01. The van der Waals surface area contributed by atoms with Gasteiger partial charge in [0, 0.05) is 19.3 Å². The van der Waals surface area contributed by atoms with Crippen LogP contribution in [0.15, 0.2) is 60.8 Å². The van der Waals surface area contributed by atoms with Crippen molar-refractivity contribution in [3.63, 3.8) is 0 Å². The first-order valence-electron chi connectivity index (χ1n) is 10.9. The van der Waals surface area contributed by atoms with Crippen molar-refractivity contribution in [1.82, 2.24) is 10.3 Å². The van der Waals surface area contributed by atoms with Gasteiger partial charge in [0.25, 0.3) is 0 Å². The molecule has 1 heterocycles. The van der Waals surface area contributed by atoms with Crippen LogP contribution in [0.2, 0.25) is 0 Å². The van der Waals surface area contributed by atoms with E-state index in [4.69, 9.17) is 5.73 Å². The third kappa shape index (κ3) is 4.26. The lowest BCUT2D eigenvalue weighted by molar-refractivity contribution is 0.448. The van der Waals surface area contributed by atoms with Crippen molar-refractivity contribution in [2.75, 3.05) is 0 Å². The molecule has 1 aliphatic rings. The van der Waals surface area contributed by atoms with Crippen LogP contribution in [-0.4, -0.2) is 4.98 Å². The molecule has 0 amide bonds. The zero-order chi connectivity index (χ0) is 20.1. The average molecular weight is 386 g/mol. The van der Waals surface area contributed by atoms with Crippen LogP contribution in [0.1, 0.15) is 60.2 Å². The minimum atomic E-state index is 0.326. The molecular weight excluding hydrogens is 354 g/mol. The second-order valence-electron chi connectivity index (χ2n) is 7.93. The first-order chi connectivity index (χ1) is 14.3. The maximum absolute atomic E-state index is 6.10. The van der Waals surface area contributed by atoms with Gasteiger partial charge in [0.05, 0.1) is 11.7 Å². The molecule has 3 nitrogen and oxygen atoms in total. The van der Waals surface area contributed by atoms with Crippen molar-refractivity contribution in [2.24, 2.45) is 5.73 Å². The molecule has 3 N–H and O–H groups in total. The summed E-state index contributed by atoms with van der Waals surface area (Å²) >= 11 is 0. The second kappa shape index (κ2) is 9.34. The van der Waals surface area contributed by atoms with Crippen LogP contribution < -0.4 is 11.1 Å². The van der Waals surface area contributed by atoms with Gasteiger partial charge in [-0.1, -0.05) is 61.9 Å². The van der Waals surface area contributed by atoms with Crippen LogP contribution in [0.3, 0.4) is 0 Å². The van der Waals surface area contributed by atoms with Crippen LogP contribution in [0.5, 0.6) is 0 Å². The maximum atomic E-state index is 6.10. The molecule has 1 atom stereocenters. The minimum absolute atomic E-state index is 0.326. The van der Waals surface area contributed by atoms with Gasteiger partial charge in [0.2, 0.25) is 0 Å². The molecule has 3 heteroatoms. The molecule has 0 bridgehead atoms. The zero-order valence-electron chi connectivity index (χ0n) is 17.3. The summed E-state index contributed by atoms with van der Waals surface area (Å²) in [4.78, 5) is 4.69. The van der Waals surface area contributed by atoms with Crippen LogP contribution in [0.4, 0.5) is 0 Å².